The number of methoxy groups -OCH3 is 1. The van der Waals surface area contributed by atoms with Crippen molar-refractivity contribution in [1.29, 1.82) is 0 Å². The first-order valence-electron chi connectivity index (χ1n) is 8.28. The monoisotopic (exact) mass is 348 g/mol. The summed E-state index contributed by atoms with van der Waals surface area (Å²) in [7, 11) is 1.45. The summed E-state index contributed by atoms with van der Waals surface area (Å²) in [6.45, 7) is 3.42. The molecule has 2 aliphatic rings. The second kappa shape index (κ2) is 6.67. The SMILES string of the molecule is COC(=O)[C@H]1CC12CCN(C(=O)Nc1cccc(SC)c1C)CC2. The molecular weight excluding hydrogens is 324 g/mol. The zero-order valence-electron chi connectivity index (χ0n) is 14.4. The minimum absolute atomic E-state index is 0.0354. The van der Waals surface area contributed by atoms with Gasteiger partial charge in [0.15, 0.2) is 0 Å². The number of thioether (sulfide) groups is 1. The molecule has 0 radical (unpaired) electrons. The van der Waals surface area contributed by atoms with E-state index in [0.29, 0.717) is 13.1 Å². The highest BCUT2D eigenvalue weighted by Crippen LogP contribution is 2.59. The van der Waals surface area contributed by atoms with Gasteiger partial charge in [0.2, 0.25) is 0 Å². The number of amides is 2. The fourth-order valence-corrected chi connectivity index (χ4v) is 4.33. The summed E-state index contributed by atoms with van der Waals surface area (Å²) in [5.41, 5.74) is 2.05. The molecular formula is C18H24N2O3S. The van der Waals surface area contributed by atoms with Gasteiger partial charge in [-0.1, -0.05) is 6.07 Å². The van der Waals surface area contributed by atoms with E-state index in [4.69, 9.17) is 4.74 Å². The molecule has 2 amide bonds. The fourth-order valence-electron chi connectivity index (χ4n) is 3.70. The number of nitrogens with one attached hydrogen (secondary N) is 1. The van der Waals surface area contributed by atoms with Gasteiger partial charge in [0.25, 0.3) is 0 Å². The predicted molar refractivity (Wildman–Crippen MR) is 95.3 cm³/mol. The zero-order valence-corrected chi connectivity index (χ0v) is 15.2. The number of hydrogen-bond acceptors (Lipinski definition) is 4. The molecule has 24 heavy (non-hydrogen) atoms. The van der Waals surface area contributed by atoms with E-state index in [0.717, 1.165) is 30.5 Å². The number of urea groups is 1. The van der Waals surface area contributed by atoms with Crippen LogP contribution in [0.15, 0.2) is 23.1 Å². The Hall–Kier alpha value is -1.69. The van der Waals surface area contributed by atoms with Crippen LogP contribution < -0.4 is 5.32 Å². The lowest BCUT2D eigenvalue weighted by molar-refractivity contribution is -0.143. The number of esters is 1. The Bertz CT molecular complexity index is 654. The highest BCUT2D eigenvalue weighted by Gasteiger charge is 2.59. The number of hydrogen-bond donors (Lipinski definition) is 1. The number of piperidine rings is 1. The van der Waals surface area contributed by atoms with Crippen LogP contribution in [0.4, 0.5) is 10.5 Å². The highest BCUT2D eigenvalue weighted by atomic mass is 32.2. The van der Waals surface area contributed by atoms with E-state index in [1.54, 1.807) is 11.8 Å². The molecule has 1 spiro atoms. The molecule has 3 rings (SSSR count). The lowest BCUT2D eigenvalue weighted by Crippen LogP contribution is -2.42. The summed E-state index contributed by atoms with van der Waals surface area (Å²) in [4.78, 5) is 27.2. The average molecular weight is 348 g/mol. The Balaban J connectivity index is 1.58. The number of likely N-dealkylation sites (tertiary alicyclic amines) is 1. The molecule has 130 valence electrons. The summed E-state index contributed by atoms with van der Waals surface area (Å²) < 4.78 is 4.86. The molecule has 1 N–H and O–H groups in total. The topological polar surface area (TPSA) is 58.6 Å². The second-order valence-electron chi connectivity index (χ2n) is 6.69. The highest BCUT2D eigenvalue weighted by molar-refractivity contribution is 7.98. The number of carbonyl (C=O) groups is 2. The molecule has 0 aromatic heterocycles. The lowest BCUT2D eigenvalue weighted by atomic mass is 9.91. The van der Waals surface area contributed by atoms with Crippen LogP contribution in [0.3, 0.4) is 0 Å². The molecule has 1 aliphatic heterocycles. The van der Waals surface area contributed by atoms with Crippen LogP contribution in [0.2, 0.25) is 0 Å². The van der Waals surface area contributed by atoms with E-state index in [9.17, 15) is 9.59 Å². The summed E-state index contributed by atoms with van der Waals surface area (Å²) in [6.07, 6.45) is 4.70. The molecule has 1 heterocycles. The fraction of sp³-hybridized carbons (Fsp3) is 0.556. The van der Waals surface area contributed by atoms with Gasteiger partial charge in [0.1, 0.15) is 0 Å². The molecule has 5 nitrogen and oxygen atoms in total. The summed E-state index contributed by atoms with van der Waals surface area (Å²) >= 11 is 1.68. The third kappa shape index (κ3) is 3.11. The number of nitrogens with zero attached hydrogens (tertiary/aromatic N) is 1. The first-order valence-corrected chi connectivity index (χ1v) is 9.50. The molecule has 6 heteroatoms. The number of anilines is 1. The van der Waals surface area contributed by atoms with Crippen LogP contribution in [-0.4, -0.2) is 43.4 Å². The molecule has 1 saturated carbocycles. The maximum absolute atomic E-state index is 12.5. The first kappa shape index (κ1) is 17.1. The molecule has 1 aliphatic carbocycles. The van der Waals surface area contributed by atoms with Crippen LogP contribution in [-0.2, 0) is 9.53 Å². The molecule has 1 aromatic carbocycles. The Morgan fingerprint density at radius 1 is 1.33 bits per heavy atom. The molecule has 0 bridgehead atoms. The quantitative estimate of drug-likeness (QED) is 0.671. The van der Waals surface area contributed by atoms with E-state index in [1.807, 2.05) is 30.2 Å². The molecule has 1 saturated heterocycles. The van der Waals surface area contributed by atoms with Crippen molar-refractivity contribution in [2.45, 2.75) is 31.1 Å². The largest absolute Gasteiger partial charge is 0.469 e. The standard InChI is InChI=1S/C18H24N2O3S/c1-12-14(5-4-6-15(12)24-3)19-17(22)20-9-7-18(8-10-20)11-13(18)16(21)23-2/h4-6,13H,7-11H2,1-3H3,(H,19,22)/t13-/m1/s1. The Morgan fingerprint density at radius 3 is 2.67 bits per heavy atom. The van der Waals surface area contributed by atoms with Crippen molar-refractivity contribution in [3.8, 4) is 0 Å². The zero-order chi connectivity index (χ0) is 17.3. The van der Waals surface area contributed by atoms with Crippen molar-refractivity contribution in [3.63, 3.8) is 0 Å². The van der Waals surface area contributed by atoms with Gasteiger partial charge in [-0.3, -0.25) is 4.79 Å². The van der Waals surface area contributed by atoms with E-state index in [2.05, 4.69) is 11.4 Å². The molecule has 2 fully saturated rings. The van der Waals surface area contributed by atoms with Crippen LogP contribution in [0.1, 0.15) is 24.8 Å². The number of rotatable bonds is 3. The van der Waals surface area contributed by atoms with Gasteiger partial charge in [-0.05, 0) is 55.6 Å². The average Bonchev–Trinajstić information content (AvgIpc) is 3.30. The minimum Gasteiger partial charge on any atom is -0.469 e. The van der Waals surface area contributed by atoms with E-state index in [1.165, 1.54) is 12.0 Å². The van der Waals surface area contributed by atoms with Gasteiger partial charge in [-0.25, -0.2) is 4.79 Å². The van der Waals surface area contributed by atoms with Crippen LogP contribution in [0, 0.1) is 18.3 Å². The number of carbonyl (C=O) groups excluding carboxylic acids is 2. The summed E-state index contributed by atoms with van der Waals surface area (Å²) in [6, 6.07) is 5.90. The first-order chi connectivity index (χ1) is 11.5. The Kier molecular flexibility index (Phi) is 4.76. The maximum atomic E-state index is 12.5. The van der Waals surface area contributed by atoms with Gasteiger partial charge < -0.3 is 15.0 Å². The normalized spacial score (nSPS) is 21.5. The van der Waals surface area contributed by atoms with Crippen molar-refractivity contribution >= 4 is 29.4 Å². The van der Waals surface area contributed by atoms with Gasteiger partial charge in [0.05, 0.1) is 13.0 Å². The van der Waals surface area contributed by atoms with Crippen molar-refractivity contribution in [2.24, 2.45) is 11.3 Å². The van der Waals surface area contributed by atoms with Crippen LogP contribution in [0.5, 0.6) is 0 Å². The smallest absolute Gasteiger partial charge is 0.321 e. The van der Waals surface area contributed by atoms with Crippen LogP contribution in [0.25, 0.3) is 0 Å². The van der Waals surface area contributed by atoms with E-state index < -0.39 is 0 Å². The Labute approximate surface area is 147 Å². The number of ether oxygens (including phenoxy) is 1. The van der Waals surface area contributed by atoms with E-state index >= 15 is 0 Å². The van der Waals surface area contributed by atoms with Crippen molar-refractivity contribution in [1.82, 2.24) is 4.90 Å². The Morgan fingerprint density at radius 2 is 2.04 bits per heavy atom. The van der Waals surface area contributed by atoms with Crippen molar-refractivity contribution < 1.29 is 14.3 Å². The summed E-state index contributed by atoms with van der Waals surface area (Å²) in [5.74, 6) is -0.0642. The van der Waals surface area contributed by atoms with Gasteiger partial charge in [0, 0.05) is 23.7 Å². The molecule has 1 aromatic rings. The maximum Gasteiger partial charge on any atom is 0.321 e. The number of benzene rings is 1. The van der Waals surface area contributed by atoms with Gasteiger partial charge >= 0.3 is 12.0 Å². The third-order valence-corrected chi connectivity index (χ3v) is 6.35. The predicted octanol–water partition coefficient (Wildman–Crippen LogP) is 3.52. The molecule has 0 unspecified atom stereocenters. The van der Waals surface area contributed by atoms with Crippen molar-refractivity contribution in [3.05, 3.63) is 23.8 Å². The van der Waals surface area contributed by atoms with Crippen molar-refractivity contribution in [2.75, 3.05) is 31.8 Å². The third-order valence-electron chi connectivity index (χ3n) is 5.47. The summed E-state index contributed by atoms with van der Waals surface area (Å²) in [5, 5.41) is 3.03. The van der Waals surface area contributed by atoms with Gasteiger partial charge in [-0.15, -0.1) is 11.8 Å². The lowest BCUT2D eigenvalue weighted by Gasteiger charge is -2.32. The van der Waals surface area contributed by atoms with Gasteiger partial charge in [-0.2, -0.15) is 0 Å². The second-order valence-corrected chi connectivity index (χ2v) is 7.54. The van der Waals surface area contributed by atoms with Crippen LogP contribution >= 0.6 is 11.8 Å². The molecule has 1 atom stereocenters. The van der Waals surface area contributed by atoms with E-state index in [-0.39, 0.29) is 23.3 Å². The minimum atomic E-state index is -0.0996.